The molecule has 0 atom stereocenters. The Balaban J connectivity index is 2.96. The lowest BCUT2D eigenvalue weighted by atomic mass is 10.3. The number of hydrogen-bond donors (Lipinski definition) is 1. The maximum atomic E-state index is 12.0. The lowest BCUT2D eigenvalue weighted by Crippen LogP contribution is -2.20. The largest absolute Gasteiger partial charge is 0.355 e. The van der Waals surface area contributed by atoms with E-state index < -0.39 is 15.8 Å². The lowest BCUT2D eigenvalue weighted by Gasteiger charge is -2.07. The van der Waals surface area contributed by atoms with Gasteiger partial charge >= 0.3 is 5.76 Å². The highest BCUT2D eigenvalue weighted by molar-refractivity contribution is 9.10. The van der Waals surface area contributed by atoms with Gasteiger partial charge in [0.25, 0.3) is 10.0 Å². The van der Waals surface area contributed by atoms with Crippen LogP contribution in [0.3, 0.4) is 0 Å². The Hall–Kier alpha value is -0.760. The normalized spacial score (nSPS) is 11.8. The molecule has 0 aliphatic carbocycles. The second-order valence-corrected chi connectivity index (χ2v) is 5.14. The highest BCUT2D eigenvalue weighted by atomic mass is 79.9. The molecule has 1 aromatic rings. The van der Waals surface area contributed by atoms with E-state index in [-0.39, 0.29) is 5.69 Å². The Labute approximate surface area is 93.9 Å². The van der Waals surface area contributed by atoms with Gasteiger partial charge in [-0.1, -0.05) is 0 Å². The third kappa shape index (κ3) is 3.10. The topological polar surface area (TPSA) is 59.1 Å². The SMILES string of the molecule is Cc1cc(NS(=O)(=O)C(F)F)cnc1Br. The number of halogens is 3. The summed E-state index contributed by atoms with van der Waals surface area (Å²) >= 11 is 3.10. The summed E-state index contributed by atoms with van der Waals surface area (Å²) in [4.78, 5) is 3.77. The van der Waals surface area contributed by atoms with Crippen LogP contribution in [-0.4, -0.2) is 19.2 Å². The third-order valence-electron chi connectivity index (χ3n) is 1.51. The number of alkyl halides is 2. The van der Waals surface area contributed by atoms with Gasteiger partial charge in [-0.3, -0.25) is 4.72 Å². The number of hydrogen-bond acceptors (Lipinski definition) is 3. The first kappa shape index (κ1) is 12.3. The van der Waals surface area contributed by atoms with Crippen LogP contribution in [0.4, 0.5) is 14.5 Å². The highest BCUT2D eigenvalue weighted by Gasteiger charge is 2.23. The molecule has 0 radical (unpaired) electrons. The monoisotopic (exact) mass is 300 g/mol. The molecule has 0 saturated heterocycles. The van der Waals surface area contributed by atoms with Crippen molar-refractivity contribution in [1.29, 1.82) is 0 Å². The molecule has 1 N–H and O–H groups in total. The van der Waals surface area contributed by atoms with Crippen LogP contribution in [0.5, 0.6) is 0 Å². The molecule has 0 aliphatic rings. The van der Waals surface area contributed by atoms with E-state index in [0.29, 0.717) is 10.2 Å². The van der Waals surface area contributed by atoms with Crippen molar-refractivity contribution in [2.75, 3.05) is 4.72 Å². The van der Waals surface area contributed by atoms with Gasteiger partial charge in [-0.2, -0.15) is 8.78 Å². The van der Waals surface area contributed by atoms with Crippen LogP contribution in [0, 0.1) is 6.92 Å². The lowest BCUT2D eigenvalue weighted by molar-refractivity contribution is 0.236. The molecular weight excluding hydrogens is 294 g/mol. The molecule has 1 aromatic heterocycles. The maximum Gasteiger partial charge on any atom is 0.355 e. The molecule has 4 nitrogen and oxygen atoms in total. The van der Waals surface area contributed by atoms with E-state index in [0.717, 1.165) is 6.20 Å². The van der Waals surface area contributed by atoms with Crippen LogP contribution in [-0.2, 0) is 10.0 Å². The van der Waals surface area contributed by atoms with Crippen LogP contribution in [0.2, 0.25) is 0 Å². The quantitative estimate of drug-likeness (QED) is 0.870. The Kier molecular flexibility index (Phi) is 3.61. The summed E-state index contributed by atoms with van der Waals surface area (Å²) in [6, 6.07) is 1.40. The van der Waals surface area contributed by atoms with Gasteiger partial charge in [-0.15, -0.1) is 0 Å². The zero-order valence-corrected chi connectivity index (χ0v) is 9.94. The minimum Gasteiger partial charge on any atom is -0.277 e. The standard InChI is InChI=1S/C7H7BrF2N2O2S/c1-4-2-5(3-11-6(4)8)12-15(13,14)7(9)10/h2-3,7,12H,1H3. The third-order valence-corrected chi connectivity index (χ3v) is 3.33. The molecule has 0 unspecified atom stereocenters. The Morgan fingerprint density at radius 3 is 2.60 bits per heavy atom. The van der Waals surface area contributed by atoms with E-state index in [1.54, 1.807) is 11.6 Å². The zero-order valence-electron chi connectivity index (χ0n) is 7.54. The van der Waals surface area contributed by atoms with E-state index >= 15 is 0 Å². The van der Waals surface area contributed by atoms with Crippen LogP contribution < -0.4 is 4.72 Å². The van der Waals surface area contributed by atoms with E-state index in [1.165, 1.54) is 6.07 Å². The fourth-order valence-corrected chi connectivity index (χ4v) is 1.57. The first-order valence-corrected chi connectivity index (χ1v) is 6.09. The summed E-state index contributed by atoms with van der Waals surface area (Å²) in [5.41, 5.74) is 0.653. The van der Waals surface area contributed by atoms with E-state index in [1.807, 2.05) is 0 Å². The van der Waals surface area contributed by atoms with Gasteiger partial charge in [0.2, 0.25) is 0 Å². The minimum atomic E-state index is -4.62. The average Bonchev–Trinajstić information content (AvgIpc) is 2.10. The second kappa shape index (κ2) is 4.40. The number of rotatable bonds is 3. The molecule has 15 heavy (non-hydrogen) atoms. The predicted molar refractivity (Wildman–Crippen MR) is 55.2 cm³/mol. The van der Waals surface area contributed by atoms with Crippen molar-refractivity contribution in [3.05, 3.63) is 22.4 Å². The number of sulfonamides is 1. The fourth-order valence-electron chi connectivity index (χ4n) is 0.823. The van der Waals surface area contributed by atoms with E-state index in [4.69, 9.17) is 0 Å². The predicted octanol–water partition coefficient (Wildman–Crippen LogP) is 2.12. The Morgan fingerprint density at radius 2 is 2.13 bits per heavy atom. The molecule has 1 heterocycles. The van der Waals surface area contributed by atoms with Crippen molar-refractivity contribution in [3.63, 3.8) is 0 Å². The Morgan fingerprint density at radius 1 is 1.53 bits per heavy atom. The van der Waals surface area contributed by atoms with Gasteiger partial charge in [0.05, 0.1) is 11.9 Å². The van der Waals surface area contributed by atoms with Gasteiger partial charge in [0, 0.05) is 0 Å². The average molecular weight is 301 g/mol. The number of anilines is 1. The van der Waals surface area contributed by atoms with Crippen LogP contribution >= 0.6 is 15.9 Å². The van der Waals surface area contributed by atoms with Crippen molar-refractivity contribution < 1.29 is 17.2 Å². The first-order valence-electron chi connectivity index (χ1n) is 3.75. The summed E-state index contributed by atoms with van der Waals surface area (Å²) < 4.78 is 47.8. The van der Waals surface area contributed by atoms with Gasteiger partial charge in [0.1, 0.15) is 4.60 Å². The number of pyridine rings is 1. The number of aryl methyl sites for hydroxylation is 1. The first-order chi connectivity index (χ1) is 6.83. The van der Waals surface area contributed by atoms with E-state index in [2.05, 4.69) is 20.9 Å². The summed E-state index contributed by atoms with van der Waals surface area (Å²) in [7, 11) is -4.62. The molecule has 0 aliphatic heterocycles. The van der Waals surface area contributed by atoms with Crippen molar-refractivity contribution in [3.8, 4) is 0 Å². The number of nitrogens with zero attached hydrogens (tertiary/aromatic N) is 1. The molecular formula is C7H7BrF2N2O2S. The minimum absolute atomic E-state index is 0.0102. The molecule has 0 fully saturated rings. The molecule has 0 aromatic carbocycles. The highest BCUT2D eigenvalue weighted by Crippen LogP contribution is 2.18. The van der Waals surface area contributed by atoms with Crippen molar-refractivity contribution in [2.45, 2.75) is 12.7 Å². The van der Waals surface area contributed by atoms with Crippen LogP contribution in [0.15, 0.2) is 16.9 Å². The molecule has 84 valence electrons. The van der Waals surface area contributed by atoms with Crippen molar-refractivity contribution >= 4 is 31.6 Å². The van der Waals surface area contributed by atoms with Crippen molar-refractivity contribution in [2.24, 2.45) is 0 Å². The van der Waals surface area contributed by atoms with Crippen LogP contribution in [0.1, 0.15) is 5.56 Å². The summed E-state index contributed by atoms with van der Waals surface area (Å²) in [5.74, 6) is -3.46. The summed E-state index contributed by atoms with van der Waals surface area (Å²) in [5, 5.41) is 0. The summed E-state index contributed by atoms with van der Waals surface area (Å²) in [6.45, 7) is 1.66. The zero-order chi connectivity index (χ0) is 11.6. The van der Waals surface area contributed by atoms with Gasteiger partial charge in [-0.25, -0.2) is 13.4 Å². The molecule has 0 bridgehead atoms. The van der Waals surface area contributed by atoms with E-state index in [9.17, 15) is 17.2 Å². The van der Waals surface area contributed by atoms with Crippen LogP contribution in [0.25, 0.3) is 0 Å². The molecule has 0 saturated carbocycles. The molecule has 0 spiro atoms. The molecule has 0 amide bonds. The van der Waals surface area contributed by atoms with Crippen molar-refractivity contribution in [1.82, 2.24) is 4.98 Å². The fraction of sp³-hybridized carbons (Fsp3) is 0.286. The molecule has 1 rings (SSSR count). The van der Waals surface area contributed by atoms with Gasteiger partial charge in [-0.05, 0) is 34.5 Å². The molecule has 8 heteroatoms. The second-order valence-electron chi connectivity index (χ2n) is 2.74. The number of aromatic nitrogens is 1. The van der Waals surface area contributed by atoms with Gasteiger partial charge in [0.15, 0.2) is 0 Å². The summed E-state index contributed by atoms with van der Waals surface area (Å²) in [6.07, 6.45) is 1.15. The smallest absolute Gasteiger partial charge is 0.277 e. The Bertz CT molecular complexity index is 464. The number of nitrogens with one attached hydrogen (secondary N) is 1. The van der Waals surface area contributed by atoms with Gasteiger partial charge < -0.3 is 0 Å². The maximum absolute atomic E-state index is 12.0.